The van der Waals surface area contributed by atoms with Crippen LogP contribution in [0.15, 0.2) is 6.20 Å². The zero-order chi connectivity index (χ0) is 4.41. The third-order valence-corrected chi connectivity index (χ3v) is 0.806. The average Bonchev–Trinajstić information content (AvgIpc) is 1.86. The van der Waals surface area contributed by atoms with Gasteiger partial charge in [0.25, 0.3) is 0 Å². The van der Waals surface area contributed by atoms with Gasteiger partial charge in [0, 0.05) is 0 Å². The number of hydrogen-bond acceptors (Lipinski definition) is 2. The third-order valence-electron chi connectivity index (χ3n) is 0.393. The Kier molecular flexibility index (Phi) is 0.900. The molecule has 3 nitrogen and oxygen atoms in total. The van der Waals surface area contributed by atoms with Crippen molar-refractivity contribution in [1.82, 2.24) is 15.4 Å². The molecule has 0 aromatic carbocycles. The van der Waals surface area contributed by atoms with Crippen molar-refractivity contribution in [3.8, 4) is 0 Å². The molecule has 0 spiro atoms. The Balaban J connectivity index is 3.05. The summed E-state index contributed by atoms with van der Waals surface area (Å²) >= 11 is 2.68. The van der Waals surface area contributed by atoms with Crippen LogP contribution in [0.3, 0.4) is 0 Å². The zero-order valence-corrected chi connectivity index (χ0v) is 4.59. The van der Waals surface area contributed by atoms with E-state index in [-0.39, 0.29) is 0 Å². The summed E-state index contributed by atoms with van der Waals surface area (Å²) < 4.78 is 0.801. The van der Waals surface area contributed by atoms with Crippen LogP contribution in [0.2, 0.25) is 0 Å². The van der Waals surface area contributed by atoms with E-state index in [1.165, 1.54) is 0 Å². The molecule has 0 aliphatic rings. The van der Waals surface area contributed by atoms with Crippen LogP contribution >= 0.6 is 0 Å². The first-order chi connectivity index (χ1) is 2.89. The Morgan fingerprint density at radius 3 is 2.83 bits per heavy atom. The van der Waals surface area contributed by atoms with Crippen molar-refractivity contribution < 1.29 is 0 Å². The van der Waals surface area contributed by atoms with E-state index in [9.17, 15) is 0 Å². The molecule has 6 heavy (non-hydrogen) atoms. The predicted molar refractivity (Wildman–Crippen MR) is 21.8 cm³/mol. The van der Waals surface area contributed by atoms with Gasteiger partial charge in [-0.15, -0.1) is 0 Å². The van der Waals surface area contributed by atoms with E-state index < -0.39 is 0 Å². The third kappa shape index (κ3) is 0.584. The van der Waals surface area contributed by atoms with Gasteiger partial charge in [0.15, 0.2) is 0 Å². The molecule has 1 aromatic rings. The van der Waals surface area contributed by atoms with Gasteiger partial charge in [-0.25, -0.2) is 0 Å². The van der Waals surface area contributed by atoms with Crippen molar-refractivity contribution in [3.05, 3.63) is 6.20 Å². The topological polar surface area (TPSA) is 41.6 Å². The van der Waals surface area contributed by atoms with Gasteiger partial charge in [0.1, 0.15) is 0 Å². The van der Waals surface area contributed by atoms with Gasteiger partial charge in [-0.3, -0.25) is 0 Å². The van der Waals surface area contributed by atoms with E-state index >= 15 is 0 Å². The first-order valence-corrected chi connectivity index (χ1v) is 2.28. The Morgan fingerprint density at radius 1 is 1.83 bits per heavy atom. The molecule has 1 heterocycles. The summed E-state index contributed by atoms with van der Waals surface area (Å²) in [4.78, 5) is 0. The van der Waals surface area contributed by atoms with Crippen LogP contribution in [0.25, 0.3) is 0 Å². The second-order valence-corrected chi connectivity index (χ2v) is 1.69. The monoisotopic (exact) mass is 148 g/mol. The number of rotatable bonds is 0. The second-order valence-electron chi connectivity index (χ2n) is 0.808. The summed E-state index contributed by atoms with van der Waals surface area (Å²) in [5, 5.41) is 9.58. The minimum absolute atomic E-state index is 0.801. The van der Waals surface area contributed by atoms with Crippen molar-refractivity contribution >= 4 is 20.6 Å². The predicted octanol–water partition coefficient (Wildman–Crippen LogP) is -1.40. The molecule has 1 aromatic heterocycles. The van der Waals surface area contributed by atoms with E-state index in [4.69, 9.17) is 0 Å². The van der Waals surface area contributed by atoms with Crippen molar-refractivity contribution in [1.29, 1.82) is 0 Å². The fourth-order valence-electron chi connectivity index (χ4n) is 0.191. The maximum absolute atomic E-state index is 3.62. The molecule has 1 N–H and O–H groups in total. The second kappa shape index (κ2) is 1.41. The van der Waals surface area contributed by atoms with Crippen LogP contribution in [-0.4, -0.2) is 31.4 Å². The number of H-pyrrole nitrogens is 1. The molecule has 1 rings (SSSR count). The number of aromatic nitrogens is 3. The minimum atomic E-state index is 0.801. The first-order valence-electron chi connectivity index (χ1n) is 1.42. The molecule has 31 valence electrons. The molecule has 0 unspecified atom stereocenters. The SMILES string of the molecule is [Se]c1cn[nH]n1. The van der Waals surface area contributed by atoms with E-state index in [1.54, 1.807) is 6.20 Å². The zero-order valence-electron chi connectivity index (χ0n) is 2.88. The molecular weight excluding hydrogens is 145 g/mol. The summed E-state index contributed by atoms with van der Waals surface area (Å²) in [6, 6.07) is 0. The van der Waals surface area contributed by atoms with Crippen LogP contribution in [0.1, 0.15) is 0 Å². The van der Waals surface area contributed by atoms with Gasteiger partial charge in [0.05, 0.1) is 0 Å². The number of aromatic amines is 1. The molecule has 0 saturated carbocycles. The van der Waals surface area contributed by atoms with Crippen molar-refractivity contribution in [2.24, 2.45) is 0 Å². The van der Waals surface area contributed by atoms with Crippen molar-refractivity contribution in [2.45, 2.75) is 0 Å². The van der Waals surface area contributed by atoms with Gasteiger partial charge in [-0.05, 0) is 0 Å². The van der Waals surface area contributed by atoms with Gasteiger partial charge in [-0.2, -0.15) is 0 Å². The number of nitrogens with zero attached hydrogens (tertiary/aromatic N) is 2. The first kappa shape index (κ1) is 3.84. The van der Waals surface area contributed by atoms with Gasteiger partial charge >= 0.3 is 42.2 Å². The van der Waals surface area contributed by atoms with Crippen LogP contribution in [0, 0.1) is 0 Å². The van der Waals surface area contributed by atoms with Crippen molar-refractivity contribution in [3.63, 3.8) is 0 Å². The summed E-state index contributed by atoms with van der Waals surface area (Å²) in [7, 11) is 0. The fraction of sp³-hybridized carbons (Fsp3) is 0. The summed E-state index contributed by atoms with van der Waals surface area (Å²) in [5.74, 6) is 0. The molecule has 0 bridgehead atoms. The molecule has 1 radical (unpaired) electrons. The molecule has 0 amide bonds. The Labute approximate surface area is 43.0 Å². The quantitative estimate of drug-likeness (QED) is 0.458. The molecule has 4 heteroatoms. The summed E-state index contributed by atoms with van der Waals surface area (Å²) in [5.41, 5.74) is 0. The molecular formula is C2H2N3Se. The molecule has 0 saturated heterocycles. The Bertz CT molecular complexity index is 112. The van der Waals surface area contributed by atoms with Gasteiger partial charge < -0.3 is 0 Å². The van der Waals surface area contributed by atoms with E-state index in [1.807, 2.05) is 0 Å². The average molecular weight is 147 g/mol. The summed E-state index contributed by atoms with van der Waals surface area (Å²) in [6.07, 6.45) is 1.61. The van der Waals surface area contributed by atoms with E-state index in [2.05, 4.69) is 31.4 Å². The normalized spacial score (nSPS) is 8.67. The van der Waals surface area contributed by atoms with Gasteiger partial charge in [0.2, 0.25) is 0 Å². The number of hydrogen-bond donors (Lipinski definition) is 1. The molecule has 0 fully saturated rings. The van der Waals surface area contributed by atoms with E-state index in [0.29, 0.717) is 0 Å². The van der Waals surface area contributed by atoms with Crippen LogP contribution in [0.5, 0.6) is 0 Å². The van der Waals surface area contributed by atoms with Crippen molar-refractivity contribution in [2.75, 3.05) is 0 Å². The summed E-state index contributed by atoms with van der Waals surface area (Å²) in [6.45, 7) is 0. The molecule has 0 atom stereocenters. The van der Waals surface area contributed by atoms with Crippen LogP contribution in [0.4, 0.5) is 0 Å². The standard InChI is InChI=1S/C2H2N3Se/c6-2-1-3-5-4-2/h1H,(H,3,4,5). The molecule has 0 aliphatic heterocycles. The molecule has 0 aliphatic carbocycles. The van der Waals surface area contributed by atoms with Crippen LogP contribution < -0.4 is 4.59 Å². The number of nitrogens with one attached hydrogen (secondary N) is 1. The van der Waals surface area contributed by atoms with Gasteiger partial charge in [-0.1, -0.05) is 0 Å². The maximum atomic E-state index is 3.62. The van der Waals surface area contributed by atoms with E-state index in [0.717, 1.165) is 4.59 Å². The Morgan fingerprint density at radius 2 is 2.67 bits per heavy atom. The van der Waals surface area contributed by atoms with Crippen LogP contribution in [-0.2, 0) is 0 Å². The Hall–Kier alpha value is -0.341. The fourth-order valence-corrected chi connectivity index (χ4v) is 0.387.